The second-order valence-corrected chi connectivity index (χ2v) is 6.57. The number of para-hydroxylation sites is 1. The number of methoxy groups -OCH3 is 1. The molecule has 0 spiro atoms. The van der Waals surface area contributed by atoms with Gasteiger partial charge in [-0.05, 0) is 23.8 Å². The van der Waals surface area contributed by atoms with Crippen molar-refractivity contribution in [2.75, 3.05) is 7.11 Å². The van der Waals surface area contributed by atoms with Gasteiger partial charge in [0.2, 0.25) is 0 Å². The summed E-state index contributed by atoms with van der Waals surface area (Å²) < 4.78 is 31.4. The molecule has 0 N–H and O–H groups in total. The molecule has 21 heavy (non-hydrogen) atoms. The van der Waals surface area contributed by atoms with Crippen LogP contribution in [-0.4, -0.2) is 19.8 Å². The summed E-state index contributed by atoms with van der Waals surface area (Å²) >= 11 is 0. The highest BCUT2D eigenvalue weighted by Gasteiger charge is 2.31. The third kappa shape index (κ3) is 2.40. The molecule has 4 nitrogen and oxygen atoms in total. The first-order valence-corrected chi connectivity index (χ1v) is 7.98. The third-order valence-corrected chi connectivity index (χ3v) is 5.27. The minimum absolute atomic E-state index is 0.365. The largest absolute Gasteiger partial charge is 0.496 e. The van der Waals surface area contributed by atoms with E-state index in [-0.39, 0.29) is 0 Å². The van der Waals surface area contributed by atoms with Crippen LogP contribution in [-0.2, 0) is 16.6 Å². The molecule has 0 aliphatic carbocycles. The molecule has 1 heterocycles. The van der Waals surface area contributed by atoms with Crippen LogP contribution in [0.4, 0.5) is 0 Å². The number of rotatable bonds is 3. The Morgan fingerprint density at radius 1 is 1.10 bits per heavy atom. The van der Waals surface area contributed by atoms with Crippen LogP contribution in [0.15, 0.2) is 59.6 Å². The minimum atomic E-state index is -3.43. The van der Waals surface area contributed by atoms with E-state index >= 15 is 0 Å². The fraction of sp³-hybridized carbons (Fsp3) is 0.125. The van der Waals surface area contributed by atoms with E-state index in [1.807, 2.05) is 36.4 Å². The van der Waals surface area contributed by atoms with Gasteiger partial charge in [0.15, 0.2) is 0 Å². The van der Waals surface area contributed by atoms with Crippen molar-refractivity contribution < 1.29 is 13.2 Å². The van der Waals surface area contributed by atoms with Crippen LogP contribution < -0.4 is 4.74 Å². The van der Waals surface area contributed by atoms with Crippen molar-refractivity contribution in [1.29, 1.82) is 0 Å². The van der Waals surface area contributed by atoms with E-state index in [4.69, 9.17) is 4.74 Å². The van der Waals surface area contributed by atoms with E-state index in [1.165, 1.54) is 4.31 Å². The molecule has 108 valence electrons. The van der Waals surface area contributed by atoms with Crippen molar-refractivity contribution in [2.45, 2.75) is 11.4 Å². The average Bonchev–Trinajstić information content (AvgIpc) is 2.77. The monoisotopic (exact) mass is 301 g/mol. The van der Waals surface area contributed by atoms with Gasteiger partial charge >= 0.3 is 0 Å². The zero-order chi connectivity index (χ0) is 14.9. The molecule has 2 aromatic rings. The van der Waals surface area contributed by atoms with Crippen molar-refractivity contribution >= 4 is 16.1 Å². The summed E-state index contributed by atoms with van der Waals surface area (Å²) in [5.74, 6) is 0.711. The predicted octanol–water partition coefficient (Wildman–Crippen LogP) is 2.87. The highest BCUT2D eigenvalue weighted by Crippen LogP contribution is 2.30. The Balaban J connectivity index is 1.92. The van der Waals surface area contributed by atoms with Crippen LogP contribution in [0.25, 0.3) is 6.08 Å². The van der Waals surface area contributed by atoms with Crippen molar-refractivity contribution in [1.82, 2.24) is 4.31 Å². The Kier molecular flexibility index (Phi) is 3.43. The summed E-state index contributed by atoms with van der Waals surface area (Å²) in [5.41, 5.74) is 1.66. The normalized spacial score (nSPS) is 16.1. The summed E-state index contributed by atoms with van der Waals surface area (Å²) in [6.07, 6.45) is 3.34. The molecule has 0 bridgehead atoms. The molecule has 0 fully saturated rings. The van der Waals surface area contributed by atoms with Gasteiger partial charge in [0.05, 0.1) is 18.6 Å². The Morgan fingerprint density at radius 3 is 2.57 bits per heavy atom. The van der Waals surface area contributed by atoms with Crippen molar-refractivity contribution in [3.8, 4) is 5.75 Å². The molecule has 0 radical (unpaired) electrons. The van der Waals surface area contributed by atoms with Crippen molar-refractivity contribution in [2.24, 2.45) is 0 Å². The van der Waals surface area contributed by atoms with Gasteiger partial charge in [-0.25, -0.2) is 8.42 Å². The molecule has 2 aromatic carbocycles. The summed E-state index contributed by atoms with van der Waals surface area (Å²) in [5, 5.41) is 0. The van der Waals surface area contributed by atoms with Gasteiger partial charge in [-0.1, -0.05) is 36.4 Å². The van der Waals surface area contributed by atoms with Crippen LogP contribution in [0.5, 0.6) is 5.75 Å². The molecule has 0 saturated carbocycles. The topological polar surface area (TPSA) is 46.6 Å². The Bertz CT molecular complexity index is 797. The van der Waals surface area contributed by atoms with E-state index in [2.05, 4.69) is 0 Å². The maximum absolute atomic E-state index is 12.4. The van der Waals surface area contributed by atoms with Crippen LogP contribution in [0.3, 0.4) is 0 Å². The number of nitrogens with zero attached hydrogens (tertiary/aromatic N) is 1. The van der Waals surface area contributed by atoms with Gasteiger partial charge in [0, 0.05) is 11.8 Å². The quantitative estimate of drug-likeness (QED) is 0.876. The van der Waals surface area contributed by atoms with Crippen LogP contribution in [0.2, 0.25) is 0 Å². The highest BCUT2D eigenvalue weighted by atomic mass is 32.2. The Labute approximate surface area is 124 Å². The van der Waals surface area contributed by atoms with Gasteiger partial charge in [0.25, 0.3) is 10.0 Å². The van der Waals surface area contributed by atoms with E-state index in [9.17, 15) is 8.42 Å². The van der Waals surface area contributed by atoms with E-state index in [1.54, 1.807) is 31.5 Å². The molecule has 0 atom stereocenters. The van der Waals surface area contributed by atoms with Crippen LogP contribution >= 0.6 is 0 Å². The second kappa shape index (κ2) is 5.26. The molecular formula is C16H15NO3S. The molecule has 1 aliphatic heterocycles. The maximum Gasteiger partial charge on any atom is 0.264 e. The first kappa shape index (κ1) is 13.7. The van der Waals surface area contributed by atoms with Gasteiger partial charge < -0.3 is 4.74 Å². The van der Waals surface area contributed by atoms with Gasteiger partial charge in [-0.3, -0.25) is 4.31 Å². The number of fused-ring (bicyclic) bond motifs is 1. The smallest absolute Gasteiger partial charge is 0.264 e. The zero-order valence-electron chi connectivity index (χ0n) is 11.6. The fourth-order valence-electron chi connectivity index (χ4n) is 2.37. The third-order valence-electron chi connectivity index (χ3n) is 3.44. The predicted molar refractivity (Wildman–Crippen MR) is 81.2 cm³/mol. The maximum atomic E-state index is 12.4. The molecule has 0 saturated heterocycles. The van der Waals surface area contributed by atoms with Crippen LogP contribution in [0, 0.1) is 0 Å². The molecule has 3 rings (SSSR count). The van der Waals surface area contributed by atoms with E-state index in [0.29, 0.717) is 17.2 Å². The molecular weight excluding hydrogens is 286 g/mol. The Morgan fingerprint density at radius 2 is 1.81 bits per heavy atom. The number of benzene rings is 2. The fourth-order valence-corrected chi connectivity index (χ4v) is 3.86. The van der Waals surface area contributed by atoms with Gasteiger partial charge in [-0.2, -0.15) is 0 Å². The summed E-state index contributed by atoms with van der Waals surface area (Å²) in [7, 11) is -1.84. The lowest BCUT2D eigenvalue weighted by atomic mass is 10.2. The number of hydrogen-bond acceptors (Lipinski definition) is 3. The van der Waals surface area contributed by atoms with Gasteiger partial charge in [-0.15, -0.1) is 0 Å². The molecule has 0 unspecified atom stereocenters. The highest BCUT2D eigenvalue weighted by molar-refractivity contribution is 7.89. The standard InChI is InChI=1S/C16H15NO3S/c1-20-15-8-4-2-6-13(15)10-11-17-12-14-7-3-5-9-16(14)21(17,18)19/h2-11H,12H2,1H3. The van der Waals surface area contributed by atoms with Crippen molar-refractivity contribution in [3.63, 3.8) is 0 Å². The first-order chi connectivity index (χ1) is 10.1. The van der Waals surface area contributed by atoms with Crippen LogP contribution in [0.1, 0.15) is 11.1 Å². The molecule has 1 aliphatic rings. The lowest BCUT2D eigenvalue weighted by Gasteiger charge is -2.11. The van der Waals surface area contributed by atoms with E-state index in [0.717, 1.165) is 11.1 Å². The molecule has 0 aromatic heterocycles. The molecule has 0 amide bonds. The SMILES string of the molecule is COc1ccccc1C=CN1Cc2ccccc2S1(=O)=O. The number of ether oxygens (including phenoxy) is 1. The number of sulfonamides is 1. The summed E-state index contributed by atoms with van der Waals surface area (Å²) in [4.78, 5) is 0.384. The number of hydrogen-bond donors (Lipinski definition) is 0. The average molecular weight is 301 g/mol. The second-order valence-electron chi connectivity index (χ2n) is 4.72. The molecule has 5 heteroatoms. The Hall–Kier alpha value is -2.27. The zero-order valence-corrected chi connectivity index (χ0v) is 12.4. The van der Waals surface area contributed by atoms with Gasteiger partial charge in [0.1, 0.15) is 5.75 Å². The lowest BCUT2D eigenvalue weighted by Crippen LogP contribution is -2.17. The van der Waals surface area contributed by atoms with Crippen molar-refractivity contribution in [3.05, 3.63) is 65.9 Å². The summed E-state index contributed by atoms with van der Waals surface area (Å²) in [6, 6.07) is 14.5. The minimum Gasteiger partial charge on any atom is -0.496 e. The summed E-state index contributed by atoms with van der Waals surface area (Å²) in [6.45, 7) is 0.365. The lowest BCUT2D eigenvalue weighted by molar-refractivity contribution is 0.413. The first-order valence-electron chi connectivity index (χ1n) is 6.54. The van der Waals surface area contributed by atoms with E-state index < -0.39 is 10.0 Å².